The Balaban J connectivity index is 2.93. The van der Waals surface area contributed by atoms with Crippen LogP contribution in [0, 0.1) is 0 Å². The summed E-state index contributed by atoms with van der Waals surface area (Å²) < 4.78 is 37.1. The van der Waals surface area contributed by atoms with Gasteiger partial charge in [-0.1, -0.05) is 18.2 Å². The zero-order chi connectivity index (χ0) is 11.5. The van der Waals surface area contributed by atoms with Crippen molar-refractivity contribution in [1.29, 1.82) is 0 Å². The van der Waals surface area contributed by atoms with Crippen LogP contribution < -0.4 is 0 Å². The second-order valence-corrected chi connectivity index (χ2v) is 3.33. The zero-order valence-corrected chi connectivity index (χ0v) is 8.60. The third-order valence-electron chi connectivity index (χ3n) is 2.10. The van der Waals surface area contributed by atoms with E-state index in [1.54, 1.807) is 20.0 Å². The number of hydrogen-bond donors (Lipinski definition) is 0. The van der Waals surface area contributed by atoms with Gasteiger partial charge in [0.15, 0.2) is 0 Å². The number of halogens is 3. The maximum absolute atomic E-state index is 12.4. The largest absolute Gasteiger partial charge is 0.416 e. The molecule has 0 aliphatic rings. The van der Waals surface area contributed by atoms with Gasteiger partial charge in [-0.25, -0.2) is 0 Å². The molecule has 0 saturated heterocycles. The van der Waals surface area contributed by atoms with E-state index in [1.165, 1.54) is 6.07 Å². The summed E-state index contributed by atoms with van der Waals surface area (Å²) in [6.45, 7) is 1.79. The molecule has 0 heterocycles. The number of rotatable bonds is 2. The van der Waals surface area contributed by atoms with Crippen molar-refractivity contribution in [3.05, 3.63) is 35.4 Å². The molecule has 0 bridgehead atoms. The Morgan fingerprint density at radius 2 is 2.00 bits per heavy atom. The van der Waals surface area contributed by atoms with Gasteiger partial charge in [-0.05, 0) is 18.6 Å². The summed E-state index contributed by atoms with van der Waals surface area (Å²) in [5, 5.41) is 0. The molecule has 82 valence electrons. The fraction of sp³-hybridized carbons (Fsp3) is 0.364. The molecule has 1 nitrogen and oxygen atoms in total. The first-order chi connectivity index (χ1) is 6.93. The average molecular weight is 215 g/mol. The third-order valence-corrected chi connectivity index (χ3v) is 2.10. The highest BCUT2D eigenvalue weighted by Gasteiger charge is 2.30. The molecular formula is C11H12F3N. The first-order valence-electron chi connectivity index (χ1n) is 4.52. The van der Waals surface area contributed by atoms with E-state index in [0.29, 0.717) is 12.0 Å². The highest BCUT2D eigenvalue weighted by Crippen LogP contribution is 2.29. The first kappa shape index (κ1) is 11.8. The van der Waals surface area contributed by atoms with E-state index in [1.807, 2.05) is 0 Å². The van der Waals surface area contributed by atoms with Crippen molar-refractivity contribution in [2.45, 2.75) is 19.5 Å². The lowest BCUT2D eigenvalue weighted by Gasteiger charge is -2.08. The van der Waals surface area contributed by atoms with Crippen molar-refractivity contribution >= 4 is 5.71 Å². The Morgan fingerprint density at radius 3 is 2.53 bits per heavy atom. The van der Waals surface area contributed by atoms with Crippen molar-refractivity contribution in [2.75, 3.05) is 7.05 Å². The maximum Gasteiger partial charge on any atom is 0.416 e. The Labute approximate surface area is 86.6 Å². The van der Waals surface area contributed by atoms with Gasteiger partial charge >= 0.3 is 6.18 Å². The molecule has 1 aromatic rings. The monoisotopic (exact) mass is 215 g/mol. The van der Waals surface area contributed by atoms with Crippen LogP contribution in [0.3, 0.4) is 0 Å². The Morgan fingerprint density at radius 1 is 1.33 bits per heavy atom. The molecule has 0 saturated carbocycles. The van der Waals surface area contributed by atoms with Crippen LogP contribution in [0.4, 0.5) is 13.2 Å². The maximum atomic E-state index is 12.4. The first-order valence-corrected chi connectivity index (χ1v) is 4.52. The van der Waals surface area contributed by atoms with E-state index in [9.17, 15) is 13.2 Å². The summed E-state index contributed by atoms with van der Waals surface area (Å²) in [7, 11) is 1.63. The molecule has 0 fully saturated rings. The SMILES string of the molecule is CN=C(C)Cc1cccc(C(F)(F)F)c1. The lowest BCUT2D eigenvalue weighted by atomic mass is 10.1. The molecule has 0 spiro atoms. The molecular weight excluding hydrogens is 203 g/mol. The van der Waals surface area contributed by atoms with Crippen molar-refractivity contribution in [3.8, 4) is 0 Å². The number of alkyl halides is 3. The fourth-order valence-electron chi connectivity index (χ4n) is 1.23. The summed E-state index contributed by atoms with van der Waals surface area (Å²) in [5.74, 6) is 0. The molecule has 0 N–H and O–H groups in total. The Kier molecular flexibility index (Phi) is 3.50. The number of aliphatic imine (C=N–C) groups is 1. The summed E-state index contributed by atoms with van der Waals surface area (Å²) in [4.78, 5) is 3.91. The van der Waals surface area contributed by atoms with Gasteiger partial charge in [0, 0.05) is 19.2 Å². The molecule has 4 heteroatoms. The van der Waals surface area contributed by atoms with Crippen molar-refractivity contribution < 1.29 is 13.2 Å². The molecule has 15 heavy (non-hydrogen) atoms. The molecule has 0 radical (unpaired) electrons. The zero-order valence-electron chi connectivity index (χ0n) is 8.60. The Hall–Kier alpha value is -1.32. The average Bonchev–Trinajstić information content (AvgIpc) is 2.17. The predicted octanol–water partition coefficient (Wildman–Crippen LogP) is 3.34. The van der Waals surface area contributed by atoms with Gasteiger partial charge in [-0.15, -0.1) is 0 Å². The predicted molar refractivity (Wildman–Crippen MR) is 54.2 cm³/mol. The molecule has 0 aliphatic carbocycles. The quantitative estimate of drug-likeness (QED) is 0.671. The molecule has 0 aromatic heterocycles. The van der Waals surface area contributed by atoms with Crippen LogP contribution in [-0.4, -0.2) is 12.8 Å². The van der Waals surface area contributed by atoms with Gasteiger partial charge in [0.2, 0.25) is 0 Å². The fourth-order valence-corrected chi connectivity index (χ4v) is 1.23. The normalized spacial score (nSPS) is 13.0. The van der Waals surface area contributed by atoms with Crippen LogP contribution in [-0.2, 0) is 12.6 Å². The summed E-state index contributed by atoms with van der Waals surface area (Å²) >= 11 is 0. The number of benzene rings is 1. The minimum atomic E-state index is -4.27. The van der Waals surface area contributed by atoms with Crippen LogP contribution in [0.5, 0.6) is 0 Å². The highest BCUT2D eigenvalue weighted by atomic mass is 19.4. The van der Waals surface area contributed by atoms with Gasteiger partial charge in [0.05, 0.1) is 5.56 Å². The van der Waals surface area contributed by atoms with E-state index < -0.39 is 11.7 Å². The lowest BCUT2D eigenvalue weighted by Crippen LogP contribution is -2.06. The van der Waals surface area contributed by atoms with Crippen molar-refractivity contribution in [3.63, 3.8) is 0 Å². The van der Waals surface area contributed by atoms with E-state index in [-0.39, 0.29) is 0 Å². The minimum Gasteiger partial charge on any atom is -0.297 e. The van der Waals surface area contributed by atoms with Gasteiger partial charge in [-0.2, -0.15) is 13.2 Å². The summed E-state index contributed by atoms with van der Waals surface area (Å²) in [6.07, 6.45) is -3.81. The van der Waals surface area contributed by atoms with Crippen molar-refractivity contribution in [1.82, 2.24) is 0 Å². The summed E-state index contributed by atoms with van der Waals surface area (Å²) in [6, 6.07) is 5.32. The van der Waals surface area contributed by atoms with Gasteiger partial charge in [0.1, 0.15) is 0 Å². The molecule has 0 aliphatic heterocycles. The number of nitrogens with zero attached hydrogens (tertiary/aromatic N) is 1. The van der Waals surface area contributed by atoms with Gasteiger partial charge < -0.3 is 0 Å². The molecule has 1 aromatic carbocycles. The van der Waals surface area contributed by atoms with Crippen LogP contribution in [0.1, 0.15) is 18.1 Å². The molecule has 0 unspecified atom stereocenters. The van der Waals surface area contributed by atoms with Crippen molar-refractivity contribution in [2.24, 2.45) is 4.99 Å². The molecule has 1 rings (SSSR count). The lowest BCUT2D eigenvalue weighted by molar-refractivity contribution is -0.137. The van der Waals surface area contributed by atoms with Gasteiger partial charge in [-0.3, -0.25) is 4.99 Å². The molecule has 0 amide bonds. The minimum absolute atomic E-state index is 0.459. The molecule has 0 atom stereocenters. The van der Waals surface area contributed by atoms with E-state index >= 15 is 0 Å². The second kappa shape index (κ2) is 4.47. The second-order valence-electron chi connectivity index (χ2n) is 3.33. The smallest absolute Gasteiger partial charge is 0.297 e. The summed E-state index contributed by atoms with van der Waals surface area (Å²) in [5.41, 5.74) is 0.839. The van der Waals surface area contributed by atoms with E-state index in [0.717, 1.165) is 17.8 Å². The third kappa shape index (κ3) is 3.38. The van der Waals surface area contributed by atoms with E-state index in [2.05, 4.69) is 4.99 Å². The van der Waals surface area contributed by atoms with Crippen LogP contribution in [0.15, 0.2) is 29.3 Å². The van der Waals surface area contributed by atoms with Crippen LogP contribution in [0.2, 0.25) is 0 Å². The van der Waals surface area contributed by atoms with Crippen LogP contribution in [0.25, 0.3) is 0 Å². The van der Waals surface area contributed by atoms with E-state index in [4.69, 9.17) is 0 Å². The van der Waals surface area contributed by atoms with Crippen LogP contribution >= 0.6 is 0 Å². The number of hydrogen-bond acceptors (Lipinski definition) is 1. The highest BCUT2D eigenvalue weighted by molar-refractivity contribution is 5.84. The Bertz CT molecular complexity index is 366. The van der Waals surface area contributed by atoms with Gasteiger partial charge in [0.25, 0.3) is 0 Å². The standard InChI is InChI=1S/C11H12F3N/c1-8(15-2)6-9-4-3-5-10(7-9)11(12,13)14/h3-5,7H,6H2,1-2H3. The topological polar surface area (TPSA) is 12.4 Å².